The van der Waals surface area contributed by atoms with Crippen molar-refractivity contribution in [3.63, 3.8) is 0 Å². The lowest BCUT2D eigenvalue weighted by atomic mass is 10.0. The number of halogens is 1. The maximum Gasteiger partial charge on any atom is 0.234 e. The van der Waals surface area contributed by atoms with Gasteiger partial charge in [0.2, 0.25) is 5.91 Å². The molecule has 1 unspecified atom stereocenters. The van der Waals surface area contributed by atoms with Crippen molar-refractivity contribution in [2.45, 2.75) is 12.5 Å². The minimum atomic E-state index is -0.184. The zero-order valence-electron chi connectivity index (χ0n) is 16.9. The molecule has 0 aromatic heterocycles. The molecule has 0 fully saturated rings. The fourth-order valence-corrected chi connectivity index (χ4v) is 4.58. The van der Waals surface area contributed by atoms with Crippen LogP contribution < -0.4 is 10.1 Å². The molecule has 0 spiro atoms. The van der Waals surface area contributed by atoms with Crippen molar-refractivity contribution < 1.29 is 9.53 Å². The van der Waals surface area contributed by atoms with E-state index < -0.39 is 0 Å². The van der Waals surface area contributed by atoms with Gasteiger partial charge in [-0.15, -0.1) is 0 Å². The zero-order valence-corrected chi connectivity index (χ0v) is 18.5. The Hall–Kier alpha value is -3.29. The summed E-state index contributed by atoms with van der Waals surface area (Å²) in [5.74, 6) is 1.19. The van der Waals surface area contributed by atoms with Gasteiger partial charge in [-0.2, -0.15) is 5.10 Å². The number of nitrogens with zero attached hydrogens (tertiary/aromatic N) is 3. The van der Waals surface area contributed by atoms with Gasteiger partial charge in [0.25, 0.3) is 0 Å². The molecule has 8 heteroatoms. The van der Waals surface area contributed by atoms with Crippen LogP contribution in [-0.4, -0.2) is 28.1 Å². The molecule has 3 aromatic rings. The van der Waals surface area contributed by atoms with Crippen LogP contribution in [0, 0.1) is 0 Å². The number of amidine groups is 1. The van der Waals surface area contributed by atoms with E-state index in [2.05, 4.69) is 16.5 Å². The molecule has 0 bridgehead atoms. The second-order valence-electron chi connectivity index (χ2n) is 7.24. The maximum absolute atomic E-state index is 12.8. The Labute approximate surface area is 194 Å². The van der Waals surface area contributed by atoms with Gasteiger partial charge in [0.15, 0.2) is 10.9 Å². The molecule has 2 heterocycles. The second kappa shape index (κ2) is 9.06. The number of benzene rings is 3. The van der Waals surface area contributed by atoms with Crippen LogP contribution in [0.2, 0.25) is 5.02 Å². The number of nitrogens with one attached hydrogen (secondary N) is 1. The Morgan fingerprint density at radius 3 is 2.81 bits per heavy atom. The average molecular weight is 463 g/mol. The lowest BCUT2D eigenvalue weighted by molar-refractivity contribution is -0.113. The zero-order chi connectivity index (χ0) is 21.9. The minimum absolute atomic E-state index is 0.132. The van der Waals surface area contributed by atoms with Crippen LogP contribution in [0.5, 0.6) is 11.5 Å². The van der Waals surface area contributed by atoms with E-state index in [1.807, 2.05) is 59.8 Å². The summed E-state index contributed by atoms with van der Waals surface area (Å²) in [5.41, 5.74) is 2.59. The van der Waals surface area contributed by atoms with Gasteiger partial charge >= 0.3 is 0 Å². The lowest BCUT2D eigenvalue weighted by Gasteiger charge is -2.29. The Morgan fingerprint density at radius 2 is 1.94 bits per heavy atom. The molecule has 3 aromatic carbocycles. The number of aliphatic imine (C=N–C) groups is 1. The van der Waals surface area contributed by atoms with E-state index in [1.165, 1.54) is 11.8 Å². The highest BCUT2D eigenvalue weighted by atomic mass is 35.5. The highest BCUT2D eigenvalue weighted by Crippen LogP contribution is 2.41. The van der Waals surface area contributed by atoms with Gasteiger partial charge in [-0.1, -0.05) is 59.8 Å². The van der Waals surface area contributed by atoms with Crippen LogP contribution in [0.1, 0.15) is 18.0 Å². The summed E-state index contributed by atoms with van der Waals surface area (Å²) in [5, 5.41) is 10.5. The third-order valence-electron chi connectivity index (χ3n) is 5.06. The summed E-state index contributed by atoms with van der Waals surface area (Å²) in [4.78, 5) is 17.5. The summed E-state index contributed by atoms with van der Waals surface area (Å²) in [7, 11) is 0. The third kappa shape index (κ3) is 4.35. The van der Waals surface area contributed by atoms with Gasteiger partial charge in [0.1, 0.15) is 5.75 Å². The number of ether oxygens (including phenoxy) is 1. The number of amides is 1. The molecule has 0 saturated heterocycles. The Kier molecular flexibility index (Phi) is 5.83. The van der Waals surface area contributed by atoms with E-state index in [0.717, 1.165) is 17.7 Å². The third-order valence-corrected chi connectivity index (χ3v) is 6.24. The molecule has 0 aliphatic carbocycles. The van der Waals surface area contributed by atoms with Crippen molar-refractivity contribution in [3.8, 4) is 11.5 Å². The van der Waals surface area contributed by atoms with Crippen molar-refractivity contribution in [1.29, 1.82) is 0 Å². The van der Waals surface area contributed by atoms with E-state index in [9.17, 15) is 4.79 Å². The first kappa shape index (κ1) is 20.6. The summed E-state index contributed by atoms with van der Waals surface area (Å²) in [6.07, 6.45) is 2.72. The second-order valence-corrected chi connectivity index (χ2v) is 8.62. The van der Waals surface area contributed by atoms with Crippen molar-refractivity contribution in [1.82, 2.24) is 5.01 Å². The van der Waals surface area contributed by atoms with Gasteiger partial charge in [0.05, 0.1) is 23.2 Å². The number of hydrogen-bond acceptors (Lipinski definition) is 6. The van der Waals surface area contributed by atoms with E-state index in [4.69, 9.17) is 21.3 Å². The SMILES string of the molecule is O=C(CSC1=Nc2ccccc2C2CC=NN12)Nc1cc(Cl)ccc1Oc1ccccc1. The first-order chi connectivity index (χ1) is 15.7. The number of para-hydroxylation sites is 2. The van der Waals surface area contributed by atoms with Crippen LogP contribution in [0.15, 0.2) is 82.9 Å². The first-order valence-electron chi connectivity index (χ1n) is 10.1. The van der Waals surface area contributed by atoms with Gasteiger partial charge in [-0.05, 0) is 36.4 Å². The minimum Gasteiger partial charge on any atom is -0.455 e. The number of thioether (sulfide) groups is 1. The molecule has 5 rings (SSSR count). The summed E-state index contributed by atoms with van der Waals surface area (Å²) in [6.45, 7) is 0. The van der Waals surface area contributed by atoms with Crippen LogP contribution >= 0.6 is 23.4 Å². The predicted molar refractivity (Wildman–Crippen MR) is 130 cm³/mol. The van der Waals surface area contributed by atoms with Gasteiger partial charge in [-0.25, -0.2) is 10.0 Å². The van der Waals surface area contributed by atoms with Gasteiger partial charge in [-0.3, -0.25) is 4.79 Å². The molecule has 32 heavy (non-hydrogen) atoms. The van der Waals surface area contributed by atoms with Crippen molar-refractivity contribution in [2.75, 3.05) is 11.1 Å². The predicted octanol–water partition coefficient (Wildman–Crippen LogP) is 6.24. The molecule has 1 amide bonds. The van der Waals surface area contributed by atoms with E-state index in [1.54, 1.807) is 18.2 Å². The number of carbonyl (C=O) groups is 1. The fourth-order valence-electron chi connectivity index (χ4n) is 3.60. The van der Waals surface area contributed by atoms with Crippen LogP contribution in [0.3, 0.4) is 0 Å². The number of anilines is 1. The maximum atomic E-state index is 12.8. The Morgan fingerprint density at radius 1 is 1.12 bits per heavy atom. The van der Waals surface area contributed by atoms with E-state index in [0.29, 0.717) is 27.4 Å². The highest BCUT2D eigenvalue weighted by molar-refractivity contribution is 8.14. The van der Waals surface area contributed by atoms with Crippen molar-refractivity contribution >= 4 is 52.0 Å². The lowest BCUT2D eigenvalue weighted by Crippen LogP contribution is -2.29. The first-order valence-corrected chi connectivity index (χ1v) is 11.5. The topological polar surface area (TPSA) is 66.3 Å². The summed E-state index contributed by atoms with van der Waals surface area (Å²) >= 11 is 7.51. The Balaban J connectivity index is 1.29. The highest BCUT2D eigenvalue weighted by Gasteiger charge is 2.32. The standard InChI is InChI=1S/C24H19ClN4O2S/c25-16-10-11-22(31-17-6-2-1-3-7-17)20(14-16)27-23(30)15-32-24-28-19-9-5-4-8-18(19)21-12-13-26-29(21)24/h1-11,13-14,21H,12,15H2,(H,27,30). The largest absolute Gasteiger partial charge is 0.455 e. The number of hydrazone groups is 1. The number of carbonyl (C=O) groups excluding carboxylic acids is 1. The van der Waals surface area contributed by atoms with Gasteiger partial charge < -0.3 is 10.1 Å². The van der Waals surface area contributed by atoms with Crippen LogP contribution in [0.25, 0.3) is 0 Å². The number of rotatable bonds is 5. The fraction of sp³-hybridized carbons (Fsp3) is 0.125. The molecule has 1 atom stereocenters. The van der Waals surface area contributed by atoms with Gasteiger partial charge in [0, 0.05) is 23.2 Å². The Bertz CT molecular complexity index is 1220. The molecule has 160 valence electrons. The monoisotopic (exact) mass is 462 g/mol. The van der Waals surface area contributed by atoms with Crippen molar-refractivity contribution in [3.05, 3.63) is 83.4 Å². The smallest absolute Gasteiger partial charge is 0.234 e. The molecule has 2 aliphatic rings. The molecule has 2 aliphatic heterocycles. The van der Waals surface area contributed by atoms with Crippen LogP contribution in [0.4, 0.5) is 11.4 Å². The molecular formula is C24H19ClN4O2S. The average Bonchev–Trinajstić information content (AvgIpc) is 3.31. The quantitative estimate of drug-likeness (QED) is 0.487. The summed E-state index contributed by atoms with van der Waals surface area (Å²) < 4.78 is 5.92. The van der Waals surface area contributed by atoms with E-state index >= 15 is 0 Å². The number of fused-ring (bicyclic) bond motifs is 3. The molecular weight excluding hydrogens is 444 g/mol. The molecule has 6 nitrogen and oxygen atoms in total. The van der Waals surface area contributed by atoms with Crippen LogP contribution in [-0.2, 0) is 4.79 Å². The van der Waals surface area contributed by atoms with E-state index in [-0.39, 0.29) is 17.7 Å². The van der Waals surface area contributed by atoms with Crippen molar-refractivity contribution in [2.24, 2.45) is 10.1 Å². The molecule has 1 N–H and O–H groups in total. The molecule has 0 saturated carbocycles. The number of hydrogen-bond donors (Lipinski definition) is 1. The normalized spacial score (nSPS) is 16.2. The summed E-state index contributed by atoms with van der Waals surface area (Å²) in [6, 6.07) is 22.7. The molecule has 0 radical (unpaired) electrons.